The number of halogens is 1. The Labute approximate surface area is 109 Å². The molecule has 17 heavy (non-hydrogen) atoms. The van der Waals surface area contributed by atoms with Crippen molar-refractivity contribution >= 4 is 21.8 Å². The summed E-state index contributed by atoms with van der Waals surface area (Å²) in [4.78, 5) is 15.5. The molecule has 0 saturated heterocycles. The molecular weight excluding hydrogens is 286 g/mol. The van der Waals surface area contributed by atoms with Crippen molar-refractivity contribution in [1.29, 1.82) is 0 Å². The first-order chi connectivity index (χ1) is 8.22. The van der Waals surface area contributed by atoms with Crippen LogP contribution in [0.1, 0.15) is 5.69 Å². The van der Waals surface area contributed by atoms with Gasteiger partial charge < -0.3 is 15.4 Å². The topological polar surface area (TPSA) is 63.2 Å². The normalized spacial score (nSPS) is 10.2. The van der Waals surface area contributed by atoms with Crippen molar-refractivity contribution in [3.8, 4) is 0 Å². The minimum absolute atomic E-state index is 0.0424. The Hall–Kier alpha value is -0.980. The fourth-order valence-corrected chi connectivity index (χ4v) is 1.40. The fraction of sp³-hybridized carbons (Fsp3) is 0.455. The number of aromatic nitrogens is 1. The Morgan fingerprint density at radius 3 is 3.00 bits per heavy atom. The number of carbonyl (C=O) groups is 1. The number of rotatable bonds is 7. The van der Waals surface area contributed by atoms with E-state index in [1.807, 2.05) is 12.1 Å². The Morgan fingerprint density at radius 2 is 2.35 bits per heavy atom. The van der Waals surface area contributed by atoms with Gasteiger partial charge in [-0.25, -0.2) is 0 Å². The zero-order valence-electron chi connectivity index (χ0n) is 9.70. The standard InChI is InChI=1S/C11H16BrN3O2/c1-17-5-4-14-11(16)8-13-7-10-3-2-9(12)6-15-10/h2-3,6,13H,4-5,7-8H2,1H3,(H,14,16). The monoisotopic (exact) mass is 301 g/mol. The van der Waals surface area contributed by atoms with Crippen molar-refractivity contribution in [2.24, 2.45) is 0 Å². The largest absolute Gasteiger partial charge is 0.383 e. The molecule has 0 aliphatic heterocycles. The molecule has 2 N–H and O–H groups in total. The maximum absolute atomic E-state index is 11.3. The summed E-state index contributed by atoms with van der Waals surface area (Å²) in [6, 6.07) is 3.82. The molecule has 5 nitrogen and oxygen atoms in total. The number of hydrogen-bond acceptors (Lipinski definition) is 4. The number of methoxy groups -OCH3 is 1. The average Bonchev–Trinajstić information content (AvgIpc) is 2.32. The number of nitrogens with zero attached hydrogens (tertiary/aromatic N) is 1. The van der Waals surface area contributed by atoms with Gasteiger partial charge in [-0.05, 0) is 28.1 Å². The number of carbonyl (C=O) groups excluding carboxylic acids is 1. The minimum Gasteiger partial charge on any atom is -0.383 e. The van der Waals surface area contributed by atoms with Crippen molar-refractivity contribution in [2.45, 2.75) is 6.54 Å². The van der Waals surface area contributed by atoms with Gasteiger partial charge in [0.1, 0.15) is 0 Å². The second-order valence-electron chi connectivity index (χ2n) is 3.41. The molecule has 0 spiro atoms. The molecule has 6 heteroatoms. The molecule has 0 aliphatic rings. The van der Waals surface area contributed by atoms with Gasteiger partial charge in [-0.2, -0.15) is 0 Å². The lowest BCUT2D eigenvalue weighted by Gasteiger charge is -2.06. The van der Waals surface area contributed by atoms with E-state index in [-0.39, 0.29) is 12.5 Å². The van der Waals surface area contributed by atoms with Crippen LogP contribution >= 0.6 is 15.9 Å². The van der Waals surface area contributed by atoms with Crippen LogP contribution in [0.5, 0.6) is 0 Å². The van der Waals surface area contributed by atoms with E-state index < -0.39 is 0 Å². The summed E-state index contributed by atoms with van der Waals surface area (Å²) in [6.45, 7) is 1.92. The van der Waals surface area contributed by atoms with Crippen LogP contribution < -0.4 is 10.6 Å². The molecule has 0 saturated carbocycles. The summed E-state index contributed by atoms with van der Waals surface area (Å²) in [6.07, 6.45) is 1.73. The summed E-state index contributed by atoms with van der Waals surface area (Å²) in [7, 11) is 1.60. The predicted molar refractivity (Wildman–Crippen MR) is 68.5 cm³/mol. The van der Waals surface area contributed by atoms with Crippen LogP contribution in [-0.4, -0.2) is 37.7 Å². The highest BCUT2D eigenvalue weighted by Gasteiger charge is 2.00. The van der Waals surface area contributed by atoms with Crippen LogP contribution in [0.2, 0.25) is 0 Å². The first kappa shape index (κ1) is 14.1. The van der Waals surface area contributed by atoms with E-state index in [0.717, 1.165) is 10.2 Å². The maximum Gasteiger partial charge on any atom is 0.234 e. The van der Waals surface area contributed by atoms with Gasteiger partial charge >= 0.3 is 0 Å². The van der Waals surface area contributed by atoms with Crippen LogP contribution in [0.15, 0.2) is 22.8 Å². The van der Waals surface area contributed by atoms with Crippen molar-refractivity contribution in [1.82, 2.24) is 15.6 Å². The van der Waals surface area contributed by atoms with Gasteiger partial charge in [0.15, 0.2) is 0 Å². The van der Waals surface area contributed by atoms with Gasteiger partial charge in [0.05, 0.1) is 18.8 Å². The summed E-state index contributed by atoms with van der Waals surface area (Å²) in [5, 5.41) is 5.74. The van der Waals surface area contributed by atoms with Crippen LogP contribution in [0.25, 0.3) is 0 Å². The molecule has 0 radical (unpaired) electrons. The third-order valence-corrected chi connectivity index (χ3v) is 2.48. The summed E-state index contributed by atoms with van der Waals surface area (Å²) in [5.74, 6) is -0.0424. The molecule has 0 atom stereocenters. The summed E-state index contributed by atoms with van der Waals surface area (Å²) < 4.78 is 5.77. The van der Waals surface area contributed by atoms with E-state index >= 15 is 0 Å². The molecular formula is C11H16BrN3O2. The van der Waals surface area contributed by atoms with E-state index in [1.165, 1.54) is 0 Å². The van der Waals surface area contributed by atoms with Crippen molar-refractivity contribution < 1.29 is 9.53 Å². The van der Waals surface area contributed by atoms with Crippen LogP contribution in [0.3, 0.4) is 0 Å². The summed E-state index contributed by atoms with van der Waals surface area (Å²) in [5.41, 5.74) is 0.901. The van der Waals surface area contributed by atoms with Gasteiger partial charge in [0, 0.05) is 30.9 Å². The molecule has 1 heterocycles. The molecule has 0 bridgehead atoms. The first-order valence-corrected chi connectivity index (χ1v) is 6.08. The number of pyridine rings is 1. The quantitative estimate of drug-likeness (QED) is 0.728. The zero-order valence-corrected chi connectivity index (χ0v) is 11.3. The Morgan fingerprint density at radius 1 is 1.53 bits per heavy atom. The number of hydrogen-bond donors (Lipinski definition) is 2. The van der Waals surface area contributed by atoms with Crippen LogP contribution in [0.4, 0.5) is 0 Å². The number of amides is 1. The lowest BCUT2D eigenvalue weighted by Crippen LogP contribution is -2.35. The smallest absolute Gasteiger partial charge is 0.234 e. The third kappa shape index (κ3) is 6.35. The average molecular weight is 302 g/mol. The Kier molecular flexibility index (Phi) is 6.76. The summed E-state index contributed by atoms with van der Waals surface area (Å²) >= 11 is 3.31. The third-order valence-electron chi connectivity index (χ3n) is 2.01. The second-order valence-corrected chi connectivity index (χ2v) is 4.33. The SMILES string of the molecule is COCCNC(=O)CNCc1ccc(Br)cn1. The maximum atomic E-state index is 11.3. The van der Waals surface area contributed by atoms with Crippen molar-refractivity contribution in [3.05, 3.63) is 28.5 Å². The van der Waals surface area contributed by atoms with Crippen LogP contribution in [-0.2, 0) is 16.1 Å². The molecule has 1 rings (SSSR count). The molecule has 1 aromatic heterocycles. The van der Waals surface area contributed by atoms with Gasteiger partial charge in [-0.15, -0.1) is 0 Å². The molecule has 0 unspecified atom stereocenters. The number of ether oxygens (including phenoxy) is 1. The predicted octanol–water partition coefficient (Wildman–Crippen LogP) is 0.696. The highest BCUT2D eigenvalue weighted by molar-refractivity contribution is 9.10. The lowest BCUT2D eigenvalue weighted by molar-refractivity contribution is -0.120. The zero-order chi connectivity index (χ0) is 12.5. The highest BCUT2D eigenvalue weighted by Crippen LogP contribution is 2.06. The van der Waals surface area contributed by atoms with Gasteiger partial charge in [-0.3, -0.25) is 9.78 Å². The molecule has 0 aliphatic carbocycles. The van der Waals surface area contributed by atoms with Crippen molar-refractivity contribution in [2.75, 3.05) is 26.8 Å². The van der Waals surface area contributed by atoms with E-state index in [4.69, 9.17) is 4.74 Å². The van der Waals surface area contributed by atoms with Gasteiger partial charge in [0.2, 0.25) is 5.91 Å². The van der Waals surface area contributed by atoms with E-state index in [9.17, 15) is 4.79 Å². The molecule has 1 amide bonds. The van der Waals surface area contributed by atoms with E-state index in [2.05, 4.69) is 31.5 Å². The Balaban J connectivity index is 2.14. The fourth-order valence-electron chi connectivity index (χ4n) is 1.17. The number of nitrogens with one attached hydrogen (secondary N) is 2. The van der Waals surface area contributed by atoms with E-state index in [0.29, 0.717) is 19.7 Å². The van der Waals surface area contributed by atoms with E-state index in [1.54, 1.807) is 13.3 Å². The lowest BCUT2D eigenvalue weighted by atomic mass is 10.3. The van der Waals surface area contributed by atoms with Crippen molar-refractivity contribution in [3.63, 3.8) is 0 Å². The molecule has 0 aromatic carbocycles. The Bertz CT molecular complexity index is 343. The van der Waals surface area contributed by atoms with Gasteiger partial charge in [-0.1, -0.05) is 0 Å². The highest BCUT2D eigenvalue weighted by atomic mass is 79.9. The molecule has 1 aromatic rings. The van der Waals surface area contributed by atoms with Gasteiger partial charge in [0.25, 0.3) is 0 Å². The first-order valence-electron chi connectivity index (χ1n) is 5.29. The van der Waals surface area contributed by atoms with Crippen LogP contribution in [0, 0.1) is 0 Å². The molecule has 0 fully saturated rings. The minimum atomic E-state index is -0.0424. The molecule has 94 valence electrons. The second kappa shape index (κ2) is 8.16.